The van der Waals surface area contributed by atoms with Crippen LogP contribution in [0.5, 0.6) is 0 Å². The molecular weight excluding hydrogens is 344 g/mol. The van der Waals surface area contributed by atoms with E-state index >= 15 is 0 Å². The van der Waals surface area contributed by atoms with Crippen LogP contribution in [-0.4, -0.2) is 9.97 Å². The topological polar surface area (TPSA) is 65.7 Å². The number of benzene rings is 2. The van der Waals surface area contributed by atoms with Crippen molar-refractivity contribution in [1.82, 2.24) is 9.97 Å². The predicted octanol–water partition coefficient (Wildman–Crippen LogP) is 4.15. The van der Waals surface area contributed by atoms with Gasteiger partial charge in [0.2, 0.25) is 0 Å². The van der Waals surface area contributed by atoms with Gasteiger partial charge in [0.05, 0.1) is 5.52 Å². The second kappa shape index (κ2) is 6.35. The van der Waals surface area contributed by atoms with Gasteiger partial charge in [-0.05, 0) is 65.9 Å². The highest BCUT2D eigenvalue weighted by atomic mass is 32.1. The third-order valence-electron chi connectivity index (χ3n) is 4.38. The Balaban J connectivity index is 2.02. The molecule has 0 saturated carbocycles. The second-order valence-corrected chi connectivity index (χ2v) is 6.77. The molecule has 0 radical (unpaired) electrons. The van der Waals surface area contributed by atoms with Gasteiger partial charge in [0, 0.05) is 27.8 Å². The maximum absolute atomic E-state index is 12.7. The van der Waals surface area contributed by atoms with Gasteiger partial charge in [0.1, 0.15) is 0 Å². The van der Waals surface area contributed by atoms with E-state index in [0.717, 1.165) is 27.0 Å². The highest BCUT2D eigenvalue weighted by molar-refractivity contribution is 7.80. The number of fused-ring (bicyclic) bond motifs is 1. The molecule has 0 amide bonds. The van der Waals surface area contributed by atoms with Crippen LogP contribution in [0.15, 0.2) is 75.3 Å². The average molecular weight is 360 g/mol. The van der Waals surface area contributed by atoms with E-state index in [4.69, 9.17) is 0 Å². The third kappa shape index (κ3) is 2.86. The van der Waals surface area contributed by atoms with Gasteiger partial charge in [0.25, 0.3) is 11.1 Å². The van der Waals surface area contributed by atoms with E-state index in [9.17, 15) is 9.59 Å². The zero-order valence-corrected chi connectivity index (χ0v) is 14.9. The summed E-state index contributed by atoms with van der Waals surface area (Å²) in [6, 6.07) is 16.8. The van der Waals surface area contributed by atoms with E-state index in [2.05, 4.69) is 22.6 Å². The smallest absolute Gasteiger partial charge is 0.256 e. The molecular formula is C21H16N2O2S. The summed E-state index contributed by atoms with van der Waals surface area (Å²) >= 11 is 4.29. The molecule has 26 heavy (non-hydrogen) atoms. The van der Waals surface area contributed by atoms with E-state index in [1.54, 1.807) is 18.3 Å². The zero-order valence-electron chi connectivity index (χ0n) is 14.0. The molecule has 0 saturated heterocycles. The summed E-state index contributed by atoms with van der Waals surface area (Å²) < 4.78 is 0. The van der Waals surface area contributed by atoms with Crippen LogP contribution in [0.2, 0.25) is 0 Å². The van der Waals surface area contributed by atoms with Crippen LogP contribution >= 0.6 is 12.6 Å². The van der Waals surface area contributed by atoms with Gasteiger partial charge < -0.3 is 9.97 Å². The molecule has 2 aromatic carbocycles. The Morgan fingerprint density at radius 1 is 0.846 bits per heavy atom. The van der Waals surface area contributed by atoms with Crippen molar-refractivity contribution < 1.29 is 0 Å². The number of rotatable bonds is 2. The van der Waals surface area contributed by atoms with Crippen LogP contribution in [-0.2, 0) is 0 Å². The van der Waals surface area contributed by atoms with Crippen molar-refractivity contribution in [3.63, 3.8) is 0 Å². The zero-order chi connectivity index (χ0) is 18.3. The fourth-order valence-corrected chi connectivity index (χ4v) is 3.32. The summed E-state index contributed by atoms with van der Waals surface area (Å²) in [5.41, 5.74) is 3.96. The molecule has 0 aliphatic heterocycles. The molecule has 0 aliphatic carbocycles. The summed E-state index contributed by atoms with van der Waals surface area (Å²) in [5.74, 6) is 0. The molecule has 0 unspecified atom stereocenters. The minimum Gasteiger partial charge on any atom is -0.329 e. The van der Waals surface area contributed by atoms with Crippen molar-refractivity contribution in [2.24, 2.45) is 0 Å². The molecule has 4 rings (SSSR count). The average Bonchev–Trinajstić information content (AvgIpc) is 2.62. The van der Waals surface area contributed by atoms with Gasteiger partial charge in [-0.2, -0.15) is 0 Å². The summed E-state index contributed by atoms with van der Waals surface area (Å²) in [7, 11) is 0. The highest BCUT2D eigenvalue weighted by Gasteiger charge is 2.12. The van der Waals surface area contributed by atoms with Crippen LogP contribution < -0.4 is 11.1 Å². The molecule has 5 heteroatoms. The van der Waals surface area contributed by atoms with Gasteiger partial charge >= 0.3 is 0 Å². The van der Waals surface area contributed by atoms with Crippen molar-refractivity contribution in [2.45, 2.75) is 11.8 Å². The van der Waals surface area contributed by atoms with Crippen molar-refractivity contribution in [2.75, 3.05) is 0 Å². The highest BCUT2D eigenvalue weighted by Crippen LogP contribution is 2.28. The first-order valence-corrected chi connectivity index (χ1v) is 8.63. The summed E-state index contributed by atoms with van der Waals surface area (Å²) in [6.07, 6.45) is 1.59. The Morgan fingerprint density at radius 3 is 2.35 bits per heavy atom. The molecule has 0 fully saturated rings. The van der Waals surface area contributed by atoms with Gasteiger partial charge in [-0.25, -0.2) is 0 Å². The summed E-state index contributed by atoms with van der Waals surface area (Å²) in [5, 5.41) is 0.882. The lowest BCUT2D eigenvalue weighted by atomic mass is 9.98. The number of hydrogen-bond acceptors (Lipinski definition) is 3. The first kappa shape index (κ1) is 16.4. The largest absolute Gasteiger partial charge is 0.329 e. The normalized spacial score (nSPS) is 11.0. The number of aryl methyl sites for hydroxylation is 1. The van der Waals surface area contributed by atoms with E-state index < -0.39 is 0 Å². The summed E-state index contributed by atoms with van der Waals surface area (Å²) in [6.45, 7) is 1.97. The lowest BCUT2D eigenvalue weighted by molar-refractivity contribution is 1.23. The SMILES string of the molecule is Cc1cc(-c2ccc[nH]c2=O)c2[nH]c(=O)c(-c3ccc(S)cc3)cc2c1. The van der Waals surface area contributed by atoms with Gasteiger partial charge in [-0.1, -0.05) is 12.1 Å². The minimum atomic E-state index is -0.193. The molecule has 4 nitrogen and oxygen atoms in total. The van der Waals surface area contributed by atoms with Crippen LogP contribution in [0.3, 0.4) is 0 Å². The molecule has 4 aromatic rings. The van der Waals surface area contributed by atoms with Gasteiger partial charge in [-0.15, -0.1) is 12.6 Å². The molecule has 2 heterocycles. The molecule has 0 bridgehead atoms. The Hall–Kier alpha value is -3.05. The van der Waals surface area contributed by atoms with E-state index in [1.807, 2.05) is 49.4 Å². The van der Waals surface area contributed by atoms with Crippen molar-refractivity contribution in [1.29, 1.82) is 0 Å². The van der Waals surface area contributed by atoms with Gasteiger partial charge in [-0.3, -0.25) is 9.59 Å². The monoisotopic (exact) mass is 360 g/mol. The van der Waals surface area contributed by atoms with Crippen LogP contribution in [0.25, 0.3) is 33.2 Å². The van der Waals surface area contributed by atoms with Crippen molar-refractivity contribution in [3.05, 3.63) is 87.1 Å². The van der Waals surface area contributed by atoms with Crippen molar-refractivity contribution in [3.8, 4) is 22.3 Å². The maximum Gasteiger partial charge on any atom is 0.256 e. The van der Waals surface area contributed by atoms with E-state index in [1.165, 1.54) is 0 Å². The fraction of sp³-hybridized carbons (Fsp3) is 0.0476. The number of thiol groups is 1. The van der Waals surface area contributed by atoms with E-state index in [-0.39, 0.29) is 11.1 Å². The number of pyridine rings is 2. The first-order valence-electron chi connectivity index (χ1n) is 8.18. The lowest BCUT2D eigenvalue weighted by Gasteiger charge is -2.10. The lowest BCUT2D eigenvalue weighted by Crippen LogP contribution is -2.12. The molecule has 0 spiro atoms. The Labute approximate surface area is 155 Å². The Kier molecular flexibility index (Phi) is 4.01. The Morgan fingerprint density at radius 2 is 1.62 bits per heavy atom. The maximum atomic E-state index is 12.7. The van der Waals surface area contributed by atoms with Crippen LogP contribution in [0.1, 0.15) is 5.56 Å². The predicted molar refractivity (Wildman–Crippen MR) is 108 cm³/mol. The number of nitrogens with one attached hydrogen (secondary N) is 2. The number of hydrogen-bond donors (Lipinski definition) is 3. The molecule has 0 aliphatic rings. The molecule has 2 aromatic heterocycles. The van der Waals surface area contributed by atoms with Crippen molar-refractivity contribution >= 4 is 23.5 Å². The molecule has 2 N–H and O–H groups in total. The standard InChI is InChI=1S/C21H16N2O2S/c1-12-9-14-11-17(13-4-6-15(26)7-5-13)21(25)23-19(14)18(10-12)16-3-2-8-22-20(16)24/h2-11,26H,1H3,(H,22,24)(H,23,25). The van der Waals surface area contributed by atoms with E-state index in [0.29, 0.717) is 16.6 Å². The minimum absolute atomic E-state index is 0.186. The van der Waals surface area contributed by atoms with Crippen LogP contribution in [0.4, 0.5) is 0 Å². The first-order chi connectivity index (χ1) is 12.5. The second-order valence-electron chi connectivity index (χ2n) is 6.25. The quantitative estimate of drug-likeness (QED) is 0.470. The third-order valence-corrected chi connectivity index (χ3v) is 4.68. The summed E-state index contributed by atoms with van der Waals surface area (Å²) in [4.78, 5) is 31.4. The molecule has 128 valence electrons. The molecule has 0 atom stereocenters. The number of aromatic amines is 2. The Bertz CT molecular complexity index is 1240. The van der Waals surface area contributed by atoms with Gasteiger partial charge in [0.15, 0.2) is 0 Å². The number of aromatic nitrogens is 2. The fourth-order valence-electron chi connectivity index (χ4n) is 3.17. The van der Waals surface area contributed by atoms with Crippen LogP contribution in [0, 0.1) is 6.92 Å². The number of H-pyrrole nitrogens is 2.